The van der Waals surface area contributed by atoms with Crippen LogP contribution in [0.15, 0.2) is 51.2 Å². The molecule has 0 aliphatic carbocycles. The maximum Gasteiger partial charge on any atom is 0.352 e. The van der Waals surface area contributed by atoms with Crippen LogP contribution >= 0.6 is 11.3 Å². The topological polar surface area (TPSA) is 169 Å². The molecule has 3 aromatic heterocycles. The SMILES string of the molecule is COC(=O)c1scnc1-n1nc(C(Nc2ccc(-c3noc(C)n3)cc2)c2cc(OC)c3c(c2)OCCCO3)[nH]c1=O. The summed E-state index contributed by atoms with van der Waals surface area (Å²) in [5.41, 5.74) is 3.00. The molecule has 5 aromatic rings. The van der Waals surface area contributed by atoms with Crippen molar-refractivity contribution >= 4 is 23.0 Å². The fourth-order valence-corrected chi connectivity index (χ4v) is 5.11. The Balaban J connectivity index is 1.43. The molecule has 0 bridgehead atoms. The molecule has 216 valence electrons. The highest BCUT2D eigenvalue weighted by Crippen LogP contribution is 2.42. The number of rotatable bonds is 8. The van der Waals surface area contributed by atoms with Crippen molar-refractivity contribution in [1.29, 1.82) is 0 Å². The van der Waals surface area contributed by atoms with Crippen molar-refractivity contribution in [2.24, 2.45) is 0 Å². The minimum absolute atomic E-state index is 0.0640. The number of fused-ring (bicyclic) bond motifs is 1. The first-order valence-electron chi connectivity index (χ1n) is 12.8. The number of nitrogens with one attached hydrogen (secondary N) is 2. The number of aryl methyl sites for hydroxylation is 1. The summed E-state index contributed by atoms with van der Waals surface area (Å²) in [7, 11) is 2.80. The summed E-state index contributed by atoms with van der Waals surface area (Å²) in [6.45, 7) is 2.69. The number of H-pyrrole nitrogens is 1. The fraction of sp³-hybridized carbons (Fsp3) is 0.259. The van der Waals surface area contributed by atoms with Gasteiger partial charge in [-0.25, -0.2) is 14.6 Å². The minimum Gasteiger partial charge on any atom is -0.493 e. The summed E-state index contributed by atoms with van der Waals surface area (Å²) in [4.78, 5) is 36.8. The van der Waals surface area contributed by atoms with Gasteiger partial charge in [0.05, 0.1) is 32.9 Å². The number of carbonyl (C=O) groups excluding carboxylic acids is 1. The van der Waals surface area contributed by atoms with Crippen LogP contribution in [0.4, 0.5) is 5.69 Å². The van der Waals surface area contributed by atoms with Crippen LogP contribution in [0.2, 0.25) is 0 Å². The first-order valence-corrected chi connectivity index (χ1v) is 13.7. The highest BCUT2D eigenvalue weighted by molar-refractivity contribution is 7.12. The lowest BCUT2D eigenvalue weighted by atomic mass is 10.0. The standard InChI is InChI=1S/C27H25N7O7S/c1-14-29-23(33-41-14)15-5-7-17(8-6-15)30-20(16-11-18(37-2)21-19(12-16)39-9-4-10-40-21)24-31-27(36)34(32-24)25-22(26(35)38-3)42-13-28-25/h5-8,11-13,20,30H,4,9-10H2,1-3H3,(H,31,32,36). The second kappa shape index (κ2) is 11.4. The molecule has 0 amide bonds. The molecule has 1 atom stereocenters. The van der Waals surface area contributed by atoms with E-state index < -0.39 is 17.7 Å². The van der Waals surface area contributed by atoms with E-state index in [4.69, 9.17) is 23.5 Å². The second-order valence-electron chi connectivity index (χ2n) is 9.12. The van der Waals surface area contributed by atoms with Crippen molar-refractivity contribution < 1.29 is 28.3 Å². The van der Waals surface area contributed by atoms with Crippen LogP contribution in [0.3, 0.4) is 0 Å². The summed E-state index contributed by atoms with van der Waals surface area (Å²) < 4.78 is 28.5. The van der Waals surface area contributed by atoms with Crippen LogP contribution < -0.4 is 25.2 Å². The maximum absolute atomic E-state index is 13.1. The molecule has 14 nitrogen and oxygen atoms in total. The zero-order chi connectivity index (χ0) is 29.2. The number of thiazole rings is 1. The van der Waals surface area contributed by atoms with Crippen molar-refractivity contribution in [2.45, 2.75) is 19.4 Å². The van der Waals surface area contributed by atoms with Gasteiger partial charge in [-0.3, -0.25) is 4.98 Å². The van der Waals surface area contributed by atoms with Gasteiger partial charge < -0.3 is 28.8 Å². The Bertz CT molecular complexity index is 1790. The Morgan fingerprint density at radius 3 is 2.71 bits per heavy atom. The summed E-state index contributed by atoms with van der Waals surface area (Å²) in [6, 6.07) is 10.3. The number of benzene rings is 2. The number of anilines is 1. The number of esters is 1. The van der Waals surface area contributed by atoms with E-state index in [1.807, 2.05) is 30.3 Å². The Morgan fingerprint density at radius 2 is 1.98 bits per heavy atom. The molecule has 1 unspecified atom stereocenters. The van der Waals surface area contributed by atoms with Gasteiger partial charge in [0.25, 0.3) is 0 Å². The molecule has 0 fully saturated rings. The number of methoxy groups -OCH3 is 2. The van der Waals surface area contributed by atoms with Crippen molar-refractivity contribution in [1.82, 2.24) is 29.9 Å². The number of aromatic amines is 1. The highest BCUT2D eigenvalue weighted by atomic mass is 32.1. The molecule has 4 heterocycles. The second-order valence-corrected chi connectivity index (χ2v) is 9.97. The third-order valence-corrected chi connectivity index (χ3v) is 7.20. The van der Waals surface area contributed by atoms with E-state index >= 15 is 0 Å². The Morgan fingerprint density at radius 1 is 1.17 bits per heavy atom. The largest absolute Gasteiger partial charge is 0.493 e. The van der Waals surface area contributed by atoms with Gasteiger partial charge >= 0.3 is 11.7 Å². The Hall–Kier alpha value is -5.18. The molecule has 1 aliphatic rings. The van der Waals surface area contributed by atoms with Crippen molar-refractivity contribution in [3.63, 3.8) is 0 Å². The molecular weight excluding hydrogens is 566 g/mol. The lowest BCUT2D eigenvalue weighted by Crippen LogP contribution is -2.18. The molecule has 2 aromatic carbocycles. The van der Waals surface area contributed by atoms with E-state index in [0.29, 0.717) is 53.4 Å². The van der Waals surface area contributed by atoms with Gasteiger partial charge in [0.2, 0.25) is 17.5 Å². The van der Waals surface area contributed by atoms with E-state index in [9.17, 15) is 9.59 Å². The fourth-order valence-electron chi connectivity index (χ4n) is 4.43. The smallest absolute Gasteiger partial charge is 0.352 e. The van der Waals surface area contributed by atoms with E-state index in [-0.39, 0.29) is 16.5 Å². The number of hydrogen-bond donors (Lipinski definition) is 2. The summed E-state index contributed by atoms with van der Waals surface area (Å²) >= 11 is 1.05. The molecule has 0 saturated heterocycles. The van der Waals surface area contributed by atoms with Crippen molar-refractivity contribution in [3.05, 3.63) is 74.5 Å². The predicted octanol–water partition coefficient (Wildman–Crippen LogP) is 3.53. The summed E-state index contributed by atoms with van der Waals surface area (Å²) in [5.74, 6) is 2.09. The van der Waals surface area contributed by atoms with Crippen LogP contribution in [0.25, 0.3) is 17.2 Å². The van der Waals surface area contributed by atoms with Crippen LogP contribution in [0.1, 0.15) is 39.4 Å². The molecule has 42 heavy (non-hydrogen) atoms. The third-order valence-electron chi connectivity index (χ3n) is 6.40. The Kier molecular flexibility index (Phi) is 7.31. The number of aromatic nitrogens is 6. The maximum atomic E-state index is 13.1. The number of nitrogens with zero attached hydrogens (tertiary/aromatic N) is 5. The van der Waals surface area contributed by atoms with Gasteiger partial charge in [-0.15, -0.1) is 16.4 Å². The van der Waals surface area contributed by atoms with E-state index in [1.54, 1.807) is 20.1 Å². The van der Waals surface area contributed by atoms with Crippen molar-refractivity contribution in [2.75, 3.05) is 32.8 Å². The van der Waals surface area contributed by atoms with Crippen LogP contribution in [0, 0.1) is 6.92 Å². The number of hydrogen-bond acceptors (Lipinski definition) is 13. The van der Waals surface area contributed by atoms with Gasteiger partial charge in [-0.2, -0.15) is 9.67 Å². The first-order chi connectivity index (χ1) is 20.4. The minimum atomic E-state index is -0.705. The monoisotopic (exact) mass is 591 g/mol. The third kappa shape index (κ3) is 5.16. The quantitative estimate of drug-likeness (QED) is 0.252. The van der Waals surface area contributed by atoms with Crippen LogP contribution in [-0.2, 0) is 4.74 Å². The average molecular weight is 592 g/mol. The zero-order valence-electron chi connectivity index (χ0n) is 22.7. The van der Waals surface area contributed by atoms with Crippen molar-refractivity contribution in [3.8, 4) is 34.5 Å². The molecular formula is C27H25N7O7S. The van der Waals surface area contributed by atoms with Gasteiger partial charge in [-0.05, 0) is 42.0 Å². The van der Waals surface area contributed by atoms with Gasteiger partial charge in [0, 0.05) is 24.6 Å². The zero-order valence-corrected chi connectivity index (χ0v) is 23.6. The summed E-state index contributed by atoms with van der Waals surface area (Å²) in [5, 5.41) is 11.9. The predicted molar refractivity (Wildman–Crippen MR) is 150 cm³/mol. The van der Waals surface area contributed by atoms with E-state index in [1.165, 1.54) is 12.6 Å². The van der Waals surface area contributed by atoms with Gasteiger partial charge in [0.1, 0.15) is 6.04 Å². The summed E-state index contributed by atoms with van der Waals surface area (Å²) in [6.07, 6.45) is 0.717. The highest BCUT2D eigenvalue weighted by Gasteiger charge is 2.27. The number of carbonyl (C=O) groups is 1. The molecule has 6 rings (SSSR count). The molecule has 0 saturated carbocycles. The van der Waals surface area contributed by atoms with Crippen LogP contribution in [-0.4, -0.2) is 63.3 Å². The average Bonchev–Trinajstić information content (AvgIpc) is 3.71. The molecule has 2 N–H and O–H groups in total. The van der Waals surface area contributed by atoms with Gasteiger partial charge in [0.15, 0.2) is 28.0 Å². The van der Waals surface area contributed by atoms with E-state index in [2.05, 4.69) is 30.5 Å². The molecule has 0 spiro atoms. The normalized spacial score (nSPS) is 13.3. The lowest BCUT2D eigenvalue weighted by molar-refractivity contribution is 0.0606. The Labute approximate surface area is 242 Å². The lowest BCUT2D eigenvalue weighted by Gasteiger charge is -2.21. The van der Waals surface area contributed by atoms with Gasteiger partial charge in [-0.1, -0.05) is 5.16 Å². The molecule has 15 heteroatoms. The van der Waals surface area contributed by atoms with E-state index in [0.717, 1.165) is 28.0 Å². The number of ether oxygens (including phenoxy) is 4. The first kappa shape index (κ1) is 27.0. The van der Waals surface area contributed by atoms with Crippen LogP contribution in [0.5, 0.6) is 17.2 Å². The molecule has 1 aliphatic heterocycles. The molecule has 0 radical (unpaired) electrons.